The molecule has 0 aliphatic rings. The molecule has 0 saturated carbocycles. The first kappa shape index (κ1) is 20.3. The number of ether oxygens (including phenoxy) is 2. The van der Waals surface area contributed by atoms with Gasteiger partial charge in [0.15, 0.2) is 11.5 Å². The highest BCUT2D eigenvalue weighted by molar-refractivity contribution is 7.64. The monoisotopic (exact) mass is 377 g/mol. The van der Waals surface area contributed by atoms with E-state index in [0.29, 0.717) is 30.2 Å². The number of hydrogen-bond acceptors (Lipinski definition) is 5. The molecule has 6 heteroatoms. The molecule has 1 heterocycles. The van der Waals surface area contributed by atoms with Crippen LogP contribution in [0.4, 0.5) is 0 Å². The molecular formula is C20H28NO4P. The van der Waals surface area contributed by atoms with E-state index < -0.39 is 7.14 Å². The minimum Gasteiger partial charge on any atom is -0.502 e. The number of aromatic nitrogens is 1. The van der Waals surface area contributed by atoms with E-state index >= 15 is 0 Å². The van der Waals surface area contributed by atoms with Gasteiger partial charge in [0, 0.05) is 17.5 Å². The van der Waals surface area contributed by atoms with E-state index in [-0.39, 0.29) is 11.4 Å². The van der Waals surface area contributed by atoms with Crippen LogP contribution >= 0.6 is 7.14 Å². The molecule has 5 nitrogen and oxygen atoms in total. The summed E-state index contributed by atoms with van der Waals surface area (Å²) in [6.07, 6.45) is 3.60. The van der Waals surface area contributed by atoms with Crippen LogP contribution in [0.25, 0.3) is 0 Å². The number of methoxy groups -OCH3 is 2. The highest BCUT2D eigenvalue weighted by Crippen LogP contribution is 2.61. The van der Waals surface area contributed by atoms with Crippen molar-refractivity contribution in [2.45, 2.75) is 32.9 Å². The van der Waals surface area contributed by atoms with E-state index in [2.05, 4.69) is 4.98 Å². The van der Waals surface area contributed by atoms with Gasteiger partial charge >= 0.3 is 0 Å². The SMILES string of the molecule is CCP(=O)(CC)C(Cc1cccnc1C)c1cc(OC)c(O)c(OC)c1. The van der Waals surface area contributed by atoms with Crippen LogP contribution in [0, 0.1) is 6.92 Å². The van der Waals surface area contributed by atoms with Crippen molar-refractivity contribution in [1.29, 1.82) is 0 Å². The first-order valence-electron chi connectivity index (χ1n) is 8.83. The van der Waals surface area contributed by atoms with E-state index in [4.69, 9.17) is 9.47 Å². The van der Waals surface area contributed by atoms with Gasteiger partial charge in [0.2, 0.25) is 5.75 Å². The number of phenols is 1. The fraction of sp³-hybridized carbons (Fsp3) is 0.450. The molecule has 1 unspecified atom stereocenters. The van der Waals surface area contributed by atoms with E-state index in [1.54, 1.807) is 18.3 Å². The summed E-state index contributed by atoms with van der Waals surface area (Å²) in [5.74, 6) is 0.606. The number of aromatic hydroxyl groups is 1. The summed E-state index contributed by atoms with van der Waals surface area (Å²) in [6.45, 7) is 5.91. The van der Waals surface area contributed by atoms with Crippen LogP contribution in [0.5, 0.6) is 17.2 Å². The summed E-state index contributed by atoms with van der Waals surface area (Å²) in [7, 11) is 0.501. The smallest absolute Gasteiger partial charge is 0.200 e. The normalized spacial score (nSPS) is 12.7. The van der Waals surface area contributed by atoms with Crippen molar-refractivity contribution in [3.63, 3.8) is 0 Å². The number of benzene rings is 1. The van der Waals surface area contributed by atoms with Crippen molar-refractivity contribution >= 4 is 7.14 Å². The molecule has 0 amide bonds. The van der Waals surface area contributed by atoms with Gasteiger partial charge in [0.1, 0.15) is 0 Å². The van der Waals surface area contributed by atoms with Gasteiger partial charge in [-0.25, -0.2) is 0 Å². The van der Waals surface area contributed by atoms with E-state index in [1.165, 1.54) is 14.2 Å². The molecule has 0 bridgehead atoms. The minimum absolute atomic E-state index is 0.0436. The van der Waals surface area contributed by atoms with Gasteiger partial charge in [0.25, 0.3) is 0 Å². The maximum atomic E-state index is 13.7. The van der Waals surface area contributed by atoms with Gasteiger partial charge in [-0.05, 0) is 55.0 Å². The molecule has 0 spiro atoms. The van der Waals surface area contributed by atoms with Crippen LogP contribution < -0.4 is 9.47 Å². The Morgan fingerprint density at radius 2 is 1.73 bits per heavy atom. The van der Waals surface area contributed by atoms with Gasteiger partial charge in [-0.3, -0.25) is 4.98 Å². The molecule has 2 aromatic rings. The maximum Gasteiger partial charge on any atom is 0.200 e. The number of rotatable bonds is 8. The zero-order valence-corrected chi connectivity index (χ0v) is 17.0. The first-order valence-corrected chi connectivity index (χ1v) is 11.0. The molecular weight excluding hydrogens is 349 g/mol. The largest absolute Gasteiger partial charge is 0.502 e. The lowest BCUT2D eigenvalue weighted by Gasteiger charge is -2.28. The summed E-state index contributed by atoms with van der Waals surface area (Å²) < 4.78 is 24.3. The number of pyridine rings is 1. The van der Waals surface area contributed by atoms with Gasteiger partial charge in [-0.1, -0.05) is 19.9 Å². The predicted molar refractivity (Wildman–Crippen MR) is 105 cm³/mol. The Morgan fingerprint density at radius 3 is 2.19 bits per heavy atom. The van der Waals surface area contributed by atoms with Crippen LogP contribution in [-0.4, -0.2) is 36.6 Å². The Morgan fingerprint density at radius 1 is 1.15 bits per heavy atom. The molecule has 1 atom stereocenters. The quantitative estimate of drug-likeness (QED) is 0.669. The lowest BCUT2D eigenvalue weighted by atomic mass is 10.0. The second-order valence-electron chi connectivity index (χ2n) is 6.33. The Kier molecular flexibility index (Phi) is 6.71. The highest BCUT2D eigenvalue weighted by Gasteiger charge is 2.33. The average molecular weight is 377 g/mol. The van der Waals surface area contributed by atoms with E-state index in [9.17, 15) is 9.67 Å². The van der Waals surface area contributed by atoms with Crippen LogP contribution in [0.3, 0.4) is 0 Å². The molecule has 142 valence electrons. The molecule has 2 rings (SSSR count). The zero-order valence-electron chi connectivity index (χ0n) is 16.2. The van der Waals surface area contributed by atoms with Gasteiger partial charge in [-0.15, -0.1) is 0 Å². The molecule has 1 N–H and O–H groups in total. The molecule has 0 fully saturated rings. The third-order valence-electron chi connectivity index (χ3n) is 5.06. The second kappa shape index (κ2) is 8.59. The van der Waals surface area contributed by atoms with Crippen LogP contribution in [-0.2, 0) is 11.0 Å². The summed E-state index contributed by atoms with van der Waals surface area (Å²) in [6, 6.07) is 7.47. The van der Waals surface area contributed by atoms with Gasteiger partial charge < -0.3 is 19.1 Å². The first-order chi connectivity index (χ1) is 12.4. The van der Waals surface area contributed by atoms with E-state index in [1.807, 2.05) is 32.9 Å². The second-order valence-corrected chi connectivity index (χ2v) is 10.1. The summed E-state index contributed by atoms with van der Waals surface area (Å²) >= 11 is 0. The van der Waals surface area contributed by atoms with Crippen molar-refractivity contribution in [2.75, 3.05) is 26.5 Å². The fourth-order valence-corrected chi connectivity index (χ4v) is 5.82. The number of aryl methyl sites for hydroxylation is 1. The Balaban J connectivity index is 2.61. The number of hydrogen-bond donors (Lipinski definition) is 1. The number of nitrogens with zero attached hydrogens (tertiary/aromatic N) is 1. The van der Waals surface area contributed by atoms with Crippen molar-refractivity contribution in [2.24, 2.45) is 0 Å². The van der Waals surface area contributed by atoms with Gasteiger partial charge in [0.05, 0.1) is 21.4 Å². The molecule has 0 radical (unpaired) electrons. The Bertz CT molecular complexity index is 773. The standard InChI is InChI=1S/C20H28NO4P/c1-6-26(23,7-2)19(13-15-9-8-10-21-14(15)3)16-11-17(24-4)20(22)18(12-16)25-5/h8-12,19,22H,6-7,13H2,1-5H3. The summed E-state index contributed by atoms with van der Waals surface area (Å²) in [4.78, 5) is 4.36. The molecule has 1 aromatic heterocycles. The van der Waals surface area contributed by atoms with E-state index in [0.717, 1.165) is 16.8 Å². The van der Waals surface area contributed by atoms with Crippen LogP contribution in [0.1, 0.15) is 36.3 Å². The molecule has 0 aliphatic carbocycles. The Labute approximate surface area is 155 Å². The minimum atomic E-state index is -2.49. The summed E-state index contributed by atoms with van der Waals surface area (Å²) in [5, 5.41) is 10.2. The Hall–Kier alpha value is -2.00. The molecule has 0 saturated heterocycles. The maximum absolute atomic E-state index is 13.7. The third-order valence-corrected chi connectivity index (χ3v) is 8.81. The third kappa shape index (κ3) is 4.04. The topological polar surface area (TPSA) is 68.7 Å². The fourth-order valence-electron chi connectivity index (χ4n) is 3.27. The van der Waals surface area contributed by atoms with Gasteiger partial charge in [-0.2, -0.15) is 0 Å². The van der Waals surface area contributed by atoms with Crippen LogP contribution in [0.2, 0.25) is 0 Å². The predicted octanol–water partition coefficient (Wildman–Crippen LogP) is 4.80. The van der Waals surface area contributed by atoms with Crippen molar-refractivity contribution < 1.29 is 19.1 Å². The zero-order chi connectivity index (χ0) is 19.3. The lowest BCUT2D eigenvalue weighted by Crippen LogP contribution is -2.10. The lowest BCUT2D eigenvalue weighted by molar-refractivity contribution is 0.339. The molecule has 1 aromatic carbocycles. The van der Waals surface area contributed by atoms with Crippen molar-refractivity contribution in [3.05, 3.63) is 47.3 Å². The number of phenolic OH excluding ortho intramolecular Hbond substituents is 1. The molecule has 26 heavy (non-hydrogen) atoms. The van der Waals surface area contributed by atoms with Crippen LogP contribution in [0.15, 0.2) is 30.5 Å². The van der Waals surface area contributed by atoms with Crippen molar-refractivity contribution in [1.82, 2.24) is 4.98 Å². The highest BCUT2D eigenvalue weighted by atomic mass is 31.2. The molecule has 0 aliphatic heterocycles. The van der Waals surface area contributed by atoms with Crippen molar-refractivity contribution in [3.8, 4) is 17.2 Å². The average Bonchev–Trinajstić information content (AvgIpc) is 2.67. The summed E-state index contributed by atoms with van der Waals surface area (Å²) in [5.41, 5.74) is 2.68.